The Morgan fingerprint density at radius 2 is 2.11 bits per heavy atom. The number of alkyl halides is 3. The monoisotopic (exact) mass is 438 g/mol. The lowest BCUT2D eigenvalue weighted by molar-refractivity contribution is -0.336. The van der Waals surface area contributed by atoms with Crippen molar-refractivity contribution in [1.82, 2.24) is 14.8 Å². The van der Waals surface area contributed by atoms with Crippen LogP contribution in [0.25, 0.3) is 5.69 Å². The Bertz CT molecular complexity index is 802. The van der Waals surface area contributed by atoms with Gasteiger partial charge in [0.25, 0.3) is 5.79 Å². The van der Waals surface area contributed by atoms with E-state index in [4.69, 9.17) is 21.8 Å². The minimum absolute atomic E-state index is 0.0252. The van der Waals surface area contributed by atoms with Gasteiger partial charge >= 0.3 is 6.18 Å². The van der Waals surface area contributed by atoms with Crippen LogP contribution in [0.1, 0.15) is 13.3 Å². The molecule has 0 saturated heterocycles. The molecule has 2 aromatic rings. The van der Waals surface area contributed by atoms with Gasteiger partial charge in [0.1, 0.15) is 5.69 Å². The average Bonchev–Trinajstić information content (AvgIpc) is 3.01. The lowest BCUT2D eigenvalue weighted by Crippen LogP contribution is -2.47. The normalized spacial score (nSPS) is 12.2. The molecule has 154 valence electrons. The van der Waals surface area contributed by atoms with Crippen LogP contribution in [0.5, 0.6) is 0 Å². The highest BCUT2D eigenvalue weighted by Crippen LogP contribution is 2.31. The van der Waals surface area contributed by atoms with Crippen molar-refractivity contribution in [2.45, 2.75) is 25.3 Å². The number of thioether (sulfide) groups is 1. The topological polar surface area (TPSA) is 91.5 Å². The number of amides is 1. The molecule has 2 aromatic heterocycles. The fraction of sp³-hybridized carbons (Fsp3) is 0.438. The van der Waals surface area contributed by atoms with Gasteiger partial charge < -0.3 is 15.1 Å². The molecule has 2 heterocycles. The predicted molar refractivity (Wildman–Crippen MR) is 99.6 cm³/mol. The minimum Gasteiger partial charge on any atom is -0.358 e. The summed E-state index contributed by atoms with van der Waals surface area (Å²) in [6.45, 7) is 1.99. The lowest BCUT2D eigenvalue weighted by atomic mass is 10.3. The number of carbonyl (C=O) groups excluding carboxylic acids is 1. The Morgan fingerprint density at radius 1 is 1.39 bits per heavy atom. The minimum atomic E-state index is -5.16. The fourth-order valence-electron chi connectivity index (χ4n) is 2.22. The molecule has 2 rings (SSSR count). The highest BCUT2D eigenvalue weighted by atomic mass is 35.5. The van der Waals surface area contributed by atoms with E-state index < -0.39 is 17.7 Å². The molecule has 0 saturated carbocycles. The molecule has 0 spiro atoms. The second kappa shape index (κ2) is 9.12. The Labute approximate surface area is 168 Å². The Kier molecular flexibility index (Phi) is 7.32. The van der Waals surface area contributed by atoms with Crippen molar-refractivity contribution in [2.75, 3.05) is 23.0 Å². The molecule has 0 radical (unpaired) electrons. The van der Waals surface area contributed by atoms with E-state index in [9.17, 15) is 18.0 Å². The van der Waals surface area contributed by atoms with Gasteiger partial charge in [0, 0.05) is 24.9 Å². The van der Waals surface area contributed by atoms with Crippen LogP contribution in [0.3, 0.4) is 0 Å². The van der Waals surface area contributed by atoms with Crippen LogP contribution < -0.4 is 4.90 Å². The van der Waals surface area contributed by atoms with Crippen molar-refractivity contribution in [3.05, 3.63) is 35.9 Å². The van der Waals surface area contributed by atoms with E-state index in [0.29, 0.717) is 23.1 Å². The molecule has 0 unspecified atom stereocenters. The maximum atomic E-state index is 12.5. The molecule has 0 fully saturated rings. The number of nitrogens with zero attached hydrogens (tertiary/aromatic N) is 4. The summed E-state index contributed by atoms with van der Waals surface area (Å²) in [6, 6.07) is 3.47. The summed E-state index contributed by atoms with van der Waals surface area (Å²) in [5.74, 6) is -5.19. The molecule has 28 heavy (non-hydrogen) atoms. The zero-order valence-corrected chi connectivity index (χ0v) is 16.3. The van der Waals surface area contributed by atoms with Gasteiger partial charge in [-0.1, -0.05) is 11.6 Å². The summed E-state index contributed by atoms with van der Waals surface area (Å²) < 4.78 is 38.6. The maximum Gasteiger partial charge on any atom is 0.443 e. The molecule has 0 aliphatic rings. The van der Waals surface area contributed by atoms with E-state index in [1.807, 2.05) is 0 Å². The largest absolute Gasteiger partial charge is 0.443 e. The van der Waals surface area contributed by atoms with Crippen LogP contribution in [0, 0.1) is 0 Å². The number of hydrogen-bond acceptors (Lipinski definition) is 6. The van der Waals surface area contributed by atoms with Crippen molar-refractivity contribution in [2.24, 2.45) is 0 Å². The summed E-state index contributed by atoms with van der Waals surface area (Å²) in [6.07, 6.45) is -0.543. The molecule has 0 bridgehead atoms. The van der Waals surface area contributed by atoms with Crippen LogP contribution >= 0.6 is 23.4 Å². The highest BCUT2D eigenvalue weighted by Gasteiger charge is 2.52. The number of hydrogen-bond donors (Lipinski definition) is 2. The number of rotatable bonds is 8. The highest BCUT2D eigenvalue weighted by molar-refractivity contribution is 7.99. The van der Waals surface area contributed by atoms with Gasteiger partial charge in [-0.2, -0.15) is 30.0 Å². The number of pyridine rings is 1. The summed E-state index contributed by atoms with van der Waals surface area (Å²) >= 11 is 6.76. The standard InChI is InChI=1S/C16H18ClF3N4O3S/c1-2-23(13(25)5-7-28-10-15(26,27)16(18,19)20)12-9-24(22-14(12)17)11-4-3-6-21-8-11/h3-4,6,8-9,26-27H,2,5,7,10H2,1H3. The molecule has 0 aliphatic heterocycles. The zero-order valence-electron chi connectivity index (χ0n) is 14.7. The third-order valence-electron chi connectivity index (χ3n) is 3.69. The Hall–Kier alpha value is -1.82. The van der Waals surface area contributed by atoms with Crippen LogP contribution in [-0.4, -0.2) is 60.9 Å². The van der Waals surface area contributed by atoms with E-state index in [1.54, 1.807) is 37.6 Å². The molecular formula is C16H18ClF3N4O3S. The summed E-state index contributed by atoms with van der Waals surface area (Å²) in [7, 11) is 0. The number of carbonyl (C=O) groups is 1. The van der Waals surface area contributed by atoms with E-state index in [1.165, 1.54) is 9.58 Å². The SMILES string of the molecule is CCN(C(=O)CCSCC(O)(O)C(F)(F)F)c1cn(-c2cccnc2)nc1Cl. The first kappa shape index (κ1) is 22.5. The molecule has 0 aromatic carbocycles. The van der Waals surface area contributed by atoms with Crippen molar-refractivity contribution < 1.29 is 28.2 Å². The molecule has 2 N–H and O–H groups in total. The van der Waals surface area contributed by atoms with Gasteiger partial charge in [0.05, 0.1) is 23.8 Å². The molecule has 0 aliphatic carbocycles. The molecule has 0 atom stereocenters. The van der Waals surface area contributed by atoms with Gasteiger partial charge in [-0.25, -0.2) is 4.68 Å². The van der Waals surface area contributed by atoms with E-state index in [-0.39, 0.29) is 29.8 Å². The number of anilines is 1. The van der Waals surface area contributed by atoms with Crippen molar-refractivity contribution in [1.29, 1.82) is 0 Å². The number of halogens is 4. The Balaban J connectivity index is 2.00. The summed E-state index contributed by atoms with van der Waals surface area (Å²) in [4.78, 5) is 17.8. The maximum absolute atomic E-state index is 12.5. The summed E-state index contributed by atoms with van der Waals surface area (Å²) in [5, 5.41) is 22.2. The van der Waals surface area contributed by atoms with Crippen molar-refractivity contribution in [3.8, 4) is 5.69 Å². The third-order valence-corrected chi connectivity index (χ3v) is 5.06. The quantitative estimate of drug-likeness (QED) is 0.486. The number of aliphatic hydroxyl groups is 2. The first-order valence-electron chi connectivity index (χ1n) is 8.12. The van der Waals surface area contributed by atoms with Gasteiger partial charge in [0.15, 0.2) is 5.15 Å². The predicted octanol–water partition coefficient (Wildman–Crippen LogP) is 2.64. The van der Waals surface area contributed by atoms with E-state index in [0.717, 1.165) is 0 Å². The van der Waals surface area contributed by atoms with Crippen LogP contribution in [0.15, 0.2) is 30.7 Å². The smallest absolute Gasteiger partial charge is 0.358 e. The summed E-state index contributed by atoms with van der Waals surface area (Å²) in [5.41, 5.74) is 1.00. The second-order valence-corrected chi connectivity index (χ2v) is 7.18. The van der Waals surface area contributed by atoms with Crippen molar-refractivity contribution in [3.63, 3.8) is 0 Å². The fourth-order valence-corrected chi connectivity index (χ4v) is 3.36. The van der Waals surface area contributed by atoms with E-state index >= 15 is 0 Å². The first-order chi connectivity index (χ1) is 13.1. The van der Waals surface area contributed by atoms with Gasteiger partial charge in [-0.05, 0) is 19.1 Å². The first-order valence-corrected chi connectivity index (χ1v) is 9.65. The zero-order chi connectivity index (χ0) is 20.9. The van der Waals surface area contributed by atoms with Gasteiger partial charge in [-0.15, -0.1) is 0 Å². The molecule has 12 heteroatoms. The van der Waals surface area contributed by atoms with Crippen LogP contribution in [-0.2, 0) is 4.79 Å². The lowest BCUT2D eigenvalue weighted by Gasteiger charge is -2.24. The van der Waals surface area contributed by atoms with Crippen molar-refractivity contribution >= 4 is 35.0 Å². The van der Waals surface area contributed by atoms with E-state index in [2.05, 4.69) is 10.1 Å². The number of aromatic nitrogens is 3. The molecule has 1 amide bonds. The average molecular weight is 439 g/mol. The third kappa shape index (κ3) is 5.37. The Morgan fingerprint density at radius 3 is 2.68 bits per heavy atom. The molecule has 7 nitrogen and oxygen atoms in total. The van der Waals surface area contributed by atoms with Gasteiger partial charge in [0.2, 0.25) is 5.91 Å². The molecular weight excluding hydrogens is 421 g/mol. The second-order valence-electron chi connectivity index (χ2n) is 5.72. The van der Waals surface area contributed by atoms with Crippen LogP contribution in [0.2, 0.25) is 5.15 Å². The van der Waals surface area contributed by atoms with Crippen LogP contribution in [0.4, 0.5) is 18.9 Å². The van der Waals surface area contributed by atoms with Gasteiger partial charge in [-0.3, -0.25) is 9.78 Å².